The van der Waals surface area contributed by atoms with Crippen LogP contribution in [0.2, 0.25) is 0 Å². The van der Waals surface area contributed by atoms with Crippen molar-refractivity contribution in [3.05, 3.63) is 0 Å². The number of sulfonamides is 1. The van der Waals surface area contributed by atoms with Gasteiger partial charge in [-0.15, -0.1) is 0 Å². The zero-order valence-electron chi connectivity index (χ0n) is 11.1. The van der Waals surface area contributed by atoms with Gasteiger partial charge in [0.1, 0.15) is 0 Å². The third-order valence-electron chi connectivity index (χ3n) is 3.83. The fraction of sp³-hybridized carbons (Fsp3) is 1.00. The van der Waals surface area contributed by atoms with Crippen LogP contribution in [-0.4, -0.2) is 44.2 Å². The lowest BCUT2D eigenvalue weighted by molar-refractivity contribution is 0.386. The molecule has 0 spiro atoms. The van der Waals surface area contributed by atoms with E-state index in [1.54, 1.807) is 4.31 Å². The molecule has 0 aromatic rings. The molecule has 0 amide bonds. The van der Waals surface area contributed by atoms with Crippen LogP contribution in [0.15, 0.2) is 0 Å². The molecule has 1 N–H and O–H groups in total. The number of nitrogens with zero attached hydrogens (tertiary/aromatic N) is 1. The molecule has 5 heteroatoms. The van der Waals surface area contributed by atoms with Crippen molar-refractivity contribution in [2.75, 3.05) is 25.4 Å². The van der Waals surface area contributed by atoms with Gasteiger partial charge in [0.2, 0.25) is 10.0 Å². The van der Waals surface area contributed by atoms with Crippen LogP contribution < -0.4 is 5.32 Å². The van der Waals surface area contributed by atoms with E-state index in [2.05, 4.69) is 26.1 Å². The van der Waals surface area contributed by atoms with Crippen LogP contribution in [-0.2, 0) is 10.0 Å². The normalized spacial score (nSPS) is 30.8. The Morgan fingerprint density at radius 2 is 2.00 bits per heavy atom. The van der Waals surface area contributed by atoms with E-state index in [1.807, 2.05) is 0 Å². The highest BCUT2D eigenvalue weighted by Crippen LogP contribution is 2.28. The molecule has 0 aromatic heterocycles. The van der Waals surface area contributed by atoms with Crippen molar-refractivity contribution < 1.29 is 8.42 Å². The number of fused-ring (bicyclic) bond motifs is 1. The molecule has 0 saturated carbocycles. The molecule has 0 aromatic carbocycles. The molecule has 0 aliphatic carbocycles. The summed E-state index contributed by atoms with van der Waals surface area (Å²) in [6, 6.07) is 0.402. The lowest BCUT2D eigenvalue weighted by Gasteiger charge is -2.22. The topological polar surface area (TPSA) is 49.4 Å². The Balaban J connectivity index is 1.93. The summed E-state index contributed by atoms with van der Waals surface area (Å²) in [5.41, 5.74) is 0.0842. The summed E-state index contributed by atoms with van der Waals surface area (Å²) in [6.45, 7) is 8.71. The van der Waals surface area contributed by atoms with Crippen LogP contribution in [0.25, 0.3) is 0 Å². The van der Waals surface area contributed by atoms with Crippen molar-refractivity contribution in [1.29, 1.82) is 0 Å². The van der Waals surface area contributed by atoms with Crippen molar-refractivity contribution in [3.63, 3.8) is 0 Å². The monoisotopic (exact) mass is 260 g/mol. The second-order valence-electron chi connectivity index (χ2n) is 6.55. The molecule has 17 heavy (non-hydrogen) atoms. The van der Waals surface area contributed by atoms with E-state index in [1.165, 1.54) is 0 Å². The minimum Gasteiger partial charge on any atom is -0.312 e. The molecule has 2 saturated heterocycles. The number of hydrogen-bond acceptors (Lipinski definition) is 3. The van der Waals surface area contributed by atoms with Crippen LogP contribution in [0.1, 0.15) is 33.6 Å². The first-order valence-corrected chi connectivity index (χ1v) is 8.10. The molecule has 2 aliphatic rings. The number of hydrogen-bond donors (Lipinski definition) is 1. The van der Waals surface area contributed by atoms with E-state index in [0.29, 0.717) is 18.5 Å². The molecule has 100 valence electrons. The van der Waals surface area contributed by atoms with Crippen molar-refractivity contribution in [2.24, 2.45) is 11.3 Å². The Bertz CT molecular complexity index is 360. The van der Waals surface area contributed by atoms with E-state index < -0.39 is 10.0 Å². The van der Waals surface area contributed by atoms with E-state index >= 15 is 0 Å². The Hall–Kier alpha value is -0.130. The van der Waals surface area contributed by atoms with Crippen LogP contribution in [0, 0.1) is 11.3 Å². The van der Waals surface area contributed by atoms with Gasteiger partial charge in [-0.3, -0.25) is 0 Å². The maximum atomic E-state index is 12.2. The minimum absolute atomic E-state index is 0.0842. The van der Waals surface area contributed by atoms with Crippen LogP contribution in [0.5, 0.6) is 0 Å². The summed E-state index contributed by atoms with van der Waals surface area (Å²) in [7, 11) is -3.04. The summed E-state index contributed by atoms with van der Waals surface area (Å²) < 4.78 is 26.1. The Morgan fingerprint density at radius 1 is 1.29 bits per heavy atom. The third kappa shape index (κ3) is 3.20. The molecular weight excluding hydrogens is 236 g/mol. The van der Waals surface area contributed by atoms with Gasteiger partial charge in [0.25, 0.3) is 0 Å². The number of rotatable bonds is 3. The third-order valence-corrected chi connectivity index (χ3v) is 5.64. The molecule has 0 bridgehead atoms. The predicted molar refractivity (Wildman–Crippen MR) is 69.3 cm³/mol. The molecule has 2 fully saturated rings. The van der Waals surface area contributed by atoms with Crippen molar-refractivity contribution in [3.8, 4) is 0 Å². The van der Waals surface area contributed by atoms with Gasteiger partial charge < -0.3 is 5.32 Å². The smallest absolute Gasteiger partial charge is 0.214 e. The minimum atomic E-state index is -3.04. The first-order valence-electron chi connectivity index (χ1n) is 6.49. The van der Waals surface area contributed by atoms with Gasteiger partial charge in [-0.1, -0.05) is 20.8 Å². The van der Waals surface area contributed by atoms with Crippen LogP contribution in [0.4, 0.5) is 0 Å². The van der Waals surface area contributed by atoms with E-state index in [9.17, 15) is 8.42 Å². The van der Waals surface area contributed by atoms with Crippen LogP contribution in [0.3, 0.4) is 0 Å². The van der Waals surface area contributed by atoms with Crippen molar-refractivity contribution >= 4 is 10.0 Å². The Labute approximate surface area is 105 Å². The largest absolute Gasteiger partial charge is 0.312 e. The van der Waals surface area contributed by atoms with Crippen molar-refractivity contribution in [2.45, 2.75) is 39.7 Å². The highest BCUT2D eigenvalue weighted by atomic mass is 32.2. The predicted octanol–water partition coefficient (Wildman–Crippen LogP) is 1.05. The molecule has 4 nitrogen and oxygen atoms in total. The molecule has 2 heterocycles. The second-order valence-corrected chi connectivity index (χ2v) is 8.64. The maximum Gasteiger partial charge on any atom is 0.214 e. The van der Waals surface area contributed by atoms with Gasteiger partial charge in [-0.2, -0.15) is 0 Å². The molecular formula is C12H24N2O2S. The SMILES string of the molecule is CC(C)(C)CCS(=O)(=O)N1C[C@@H]2CCN[C@@H]2C1. The highest BCUT2D eigenvalue weighted by Gasteiger charge is 2.40. The van der Waals surface area contributed by atoms with Crippen molar-refractivity contribution in [1.82, 2.24) is 9.62 Å². The zero-order valence-corrected chi connectivity index (χ0v) is 11.9. The summed E-state index contributed by atoms with van der Waals surface area (Å²) in [4.78, 5) is 0. The molecule has 0 radical (unpaired) electrons. The lowest BCUT2D eigenvalue weighted by atomic mass is 9.94. The van der Waals surface area contributed by atoms with E-state index in [4.69, 9.17) is 0 Å². The average Bonchev–Trinajstić information content (AvgIpc) is 2.72. The molecule has 2 aliphatic heterocycles. The van der Waals surface area contributed by atoms with E-state index in [-0.39, 0.29) is 11.2 Å². The van der Waals surface area contributed by atoms with Gasteiger partial charge in [0, 0.05) is 19.1 Å². The first-order chi connectivity index (χ1) is 7.78. The summed E-state index contributed by atoms with van der Waals surface area (Å²) in [5.74, 6) is 0.829. The Morgan fingerprint density at radius 3 is 2.59 bits per heavy atom. The molecule has 2 atom stereocenters. The molecule has 0 unspecified atom stereocenters. The quantitative estimate of drug-likeness (QED) is 0.825. The second kappa shape index (κ2) is 4.52. The lowest BCUT2D eigenvalue weighted by Crippen LogP contribution is -2.36. The standard InChI is InChI=1S/C12H24N2O2S/c1-12(2,3)5-7-17(15,16)14-8-10-4-6-13-11(10)9-14/h10-11,13H,4-9H2,1-3H3/t10-,11+/m0/s1. The van der Waals surface area contributed by atoms with Gasteiger partial charge in [-0.05, 0) is 30.7 Å². The van der Waals surface area contributed by atoms with Gasteiger partial charge in [-0.25, -0.2) is 12.7 Å². The van der Waals surface area contributed by atoms with Gasteiger partial charge in [0.15, 0.2) is 0 Å². The van der Waals surface area contributed by atoms with Gasteiger partial charge >= 0.3 is 0 Å². The highest BCUT2D eigenvalue weighted by molar-refractivity contribution is 7.89. The summed E-state index contributed by atoms with van der Waals surface area (Å²) >= 11 is 0. The van der Waals surface area contributed by atoms with Gasteiger partial charge in [0.05, 0.1) is 5.75 Å². The number of nitrogens with one attached hydrogen (secondary N) is 1. The average molecular weight is 260 g/mol. The maximum absolute atomic E-state index is 12.2. The summed E-state index contributed by atoms with van der Waals surface area (Å²) in [6.07, 6.45) is 1.85. The fourth-order valence-corrected chi connectivity index (χ4v) is 4.54. The fourth-order valence-electron chi connectivity index (χ4n) is 2.60. The van der Waals surface area contributed by atoms with Crippen LogP contribution >= 0.6 is 0 Å². The zero-order chi connectivity index (χ0) is 12.7. The Kier molecular flexibility index (Phi) is 3.54. The van der Waals surface area contributed by atoms with E-state index in [0.717, 1.165) is 25.9 Å². The first kappa shape index (κ1) is 13.3. The summed E-state index contributed by atoms with van der Waals surface area (Å²) in [5, 5.41) is 3.39. The molecule has 2 rings (SSSR count).